The van der Waals surface area contributed by atoms with Gasteiger partial charge >= 0.3 is 0 Å². The first-order valence-corrected chi connectivity index (χ1v) is 4.74. The van der Waals surface area contributed by atoms with E-state index in [4.69, 9.17) is 0 Å². The van der Waals surface area contributed by atoms with Crippen LogP contribution in [-0.4, -0.2) is 14.8 Å². The predicted octanol–water partition coefficient (Wildman–Crippen LogP) is 1.77. The Kier molecular flexibility index (Phi) is 1.39. The molecule has 0 amide bonds. The lowest BCUT2D eigenvalue weighted by atomic mass is 10.1. The Morgan fingerprint density at radius 2 is 2.08 bits per heavy atom. The van der Waals surface area contributed by atoms with Gasteiger partial charge < -0.3 is 4.57 Å². The summed E-state index contributed by atoms with van der Waals surface area (Å²) in [4.78, 5) is 0. The molecule has 1 aliphatic heterocycles. The van der Waals surface area contributed by atoms with Crippen LogP contribution in [-0.2, 0) is 13.0 Å². The lowest BCUT2D eigenvalue weighted by Crippen LogP contribution is -2.08. The third kappa shape index (κ3) is 0.963. The first-order chi connectivity index (χ1) is 6.45. The Balaban J connectivity index is 2.34. The van der Waals surface area contributed by atoms with Gasteiger partial charge in [0, 0.05) is 17.6 Å². The molecule has 0 saturated carbocycles. The summed E-state index contributed by atoms with van der Waals surface area (Å²) in [5, 5.41) is 9.04. The van der Waals surface area contributed by atoms with Crippen LogP contribution in [0.15, 0.2) is 18.5 Å². The quantitative estimate of drug-likeness (QED) is 0.607. The fourth-order valence-electron chi connectivity index (χ4n) is 2.12. The van der Waals surface area contributed by atoms with E-state index in [-0.39, 0.29) is 0 Å². The average molecular weight is 173 g/mol. The lowest BCUT2D eigenvalue weighted by molar-refractivity contribution is 0.544. The van der Waals surface area contributed by atoms with Crippen molar-refractivity contribution in [3.8, 4) is 0 Å². The Morgan fingerprint density at radius 1 is 1.15 bits per heavy atom. The van der Waals surface area contributed by atoms with Crippen LogP contribution in [0.25, 0.3) is 10.9 Å². The van der Waals surface area contributed by atoms with E-state index < -0.39 is 0 Å². The molecule has 0 unspecified atom stereocenters. The maximum atomic E-state index is 3.92. The van der Waals surface area contributed by atoms with E-state index in [1.165, 1.54) is 35.9 Å². The summed E-state index contributed by atoms with van der Waals surface area (Å²) in [7, 11) is 0. The standard InChI is InChI=1S/C10H11N3/c1-2-4-13-9(3-1)5-8-6-11-12-7-10(8)13/h5-7H,1-4H2. The van der Waals surface area contributed by atoms with Crippen molar-refractivity contribution in [1.82, 2.24) is 14.8 Å². The van der Waals surface area contributed by atoms with Crippen LogP contribution in [0, 0.1) is 0 Å². The summed E-state index contributed by atoms with van der Waals surface area (Å²) in [6, 6.07) is 2.24. The number of aryl methyl sites for hydroxylation is 2. The van der Waals surface area contributed by atoms with Crippen LogP contribution in [0.2, 0.25) is 0 Å². The highest BCUT2D eigenvalue weighted by Crippen LogP contribution is 2.23. The summed E-state index contributed by atoms with van der Waals surface area (Å²) in [6.07, 6.45) is 7.52. The number of rotatable bonds is 0. The van der Waals surface area contributed by atoms with Crippen molar-refractivity contribution in [3.63, 3.8) is 0 Å². The molecule has 13 heavy (non-hydrogen) atoms. The first-order valence-electron chi connectivity index (χ1n) is 4.74. The normalized spacial score (nSPS) is 16.0. The molecule has 3 nitrogen and oxygen atoms in total. The second-order valence-corrected chi connectivity index (χ2v) is 3.57. The molecule has 0 saturated heterocycles. The summed E-state index contributed by atoms with van der Waals surface area (Å²) in [5.41, 5.74) is 2.68. The average Bonchev–Trinajstić information content (AvgIpc) is 2.56. The minimum absolute atomic E-state index is 1.14. The van der Waals surface area contributed by atoms with Crippen LogP contribution in [0.3, 0.4) is 0 Å². The summed E-state index contributed by atoms with van der Waals surface area (Å²) in [5.74, 6) is 0. The van der Waals surface area contributed by atoms with Crippen molar-refractivity contribution in [2.75, 3.05) is 0 Å². The van der Waals surface area contributed by atoms with E-state index in [2.05, 4.69) is 20.8 Å². The molecular formula is C10H11N3. The zero-order valence-corrected chi connectivity index (χ0v) is 7.40. The van der Waals surface area contributed by atoms with E-state index in [1.54, 1.807) is 0 Å². The highest BCUT2D eigenvalue weighted by molar-refractivity contribution is 5.79. The maximum absolute atomic E-state index is 3.92. The Labute approximate surface area is 76.4 Å². The number of aromatic nitrogens is 3. The van der Waals surface area contributed by atoms with Gasteiger partial charge in [0.1, 0.15) is 0 Å². The molecule has 0 bridgehead atoms. The van der Waals surface area contributed by atoms with E-state index in [0.29, 0.717) is 0 Å². The number of fused-ring (bicyclic) bond motifs is 3. The number of hydrogen-bond donors (Lipinski definition) is 0. The molecule has 0 aliphatic carbocycles. The van der Waals surface area contributed by atoms with Gasteiger partial charge in [0.25, 0.3) is 0 Å². The molecule has 3 heteroatoms. The smallest absolute Gasteiger partial charge is 0.0739 e. The van der Waals surface area contributed by atoms with Crippen molar-refractivity contribution in [1.29, 1.82) is 0 Å². The zero-order valence-electron chi connectivity index (χ0n) is 7.40. The van der Waals surface area contributed by atoms with Gasteiger partial charge in [0.05, 0.1) is 17.9 Å². The van der Waals surface area contributed by atoms with Crippen molar-refractivity contribution in [2.45, 2.75) is 25.8 Å². The van der Waals surface area contributed by atoms with Gasteiger partial charge in [-0.15, -0.1) is 0 Å². The summed E-state index contributed by atoms with van der Waals surface area (Å²) < 4.78 is 2.37. The van der Waals surface area contributed by atoms with E-state index in [0.717, 1.165) is 6.54 Å². The number of nitrogens with zero attached hydrogens (tertiary/aromatic N) is 3. The topological polar surface area (TPSA) is 30.7 Å². The van der Waals surface area contributed by atoms with Crippen molar-refractivity contribution < 1.29 is 0 Å². The van der Waals surface area contributed by atoms with Crippen LogP contribution in [0.1, 0.15) is 18.5 Å². The van der Waals surface area contributed by atoms with Gasteiger partial charge in [-0.3, -0.25) is 0 Å². The fraction of sp³-hybridized carbons (Fsp3) is 0.400. The molecule has 0 N–H and O–H groups in total. The molecule has 66 valence electrons. The van der Waals surface area contributed by atoms with Crippen LogP contribution in [0.5, 0.6) is 0 Å². The van der Waals surface area contributed by atoms with Crippen molar-refractivity contribution >= 4 is 10.9 Å². The molecule has 0 spiro atoms. The predicted molar refractivity (Wildman–Crippen MR) is 50.5 cm³/mol. The Bertz CT molecular complexity index is 444. The van der Waals surface area contributed by atoms with Gasteiger partial charge in [0.15, 0.2) is 0 Å². The monoisotopic (exact) mass is 173 g/mol. The van der Waals surface area contributed by atoms with Crippen LogP contribution < -0.4 is 0 Å². The summed E-state index contributed by atoms with van der Waals surface area (Å²) >= 11 is 0. The third-order valence-corrected chi connectivity index (χ3v) is 2.76. The van der Waals surface area contributed by atoms with Gasteiger partial charge in [-0.05, 0) is 25.3 Å². The van der Waals surface area contributed by atoms with E-state index >= 15 is 0 Å². The van der Waals surface area contributed by atoms with Crippen LogP contribution in [0.4, 0.5) is 0 Å². The maximum Gasteiger partial charge on any atom is 0.0739 e. The molecule has 0 radical (unpaired) electrons. The SMILES string of the molecule is c1nncc2c1cc1n2CCCC1. The van der Waals surface area contributed by atoms with Gasteiger partial charge in [-0.2, -0.15) is 10.2 Å². The zero-order chi connectivity index (χ0) is 8.67. The van der Waals surface area contributed by atoms with Gasteiger partial charge in [0.2, 0.25) is 0 Å². The Hall–Kier alpha value is -1.38. The molecule has 2 aromatic heterocycles. The minimum atomic E-state index is 1.14. The van der Waals surface area contributed by atoms with Crippen LogP contribution >= 0.6 is 0 Å². The molecular weight excluding hydrogens is 162 g/mol. The lowest BCUT2D eigenvalue weighted by Gasteiger charge is -2.15. The Morgan fingerprint density at radius 3 is 3.08 bits per heavy atom. The van der Waals surface area contributed by atoms with Gasteiger partial charge in [-0.25, -0.2) is 0 Å². The molecule has 3 heterocycles. The van der Waals surface area contributed by atoms with Crippen molar-refractivity contribution in [3.05, 3.63) is 24.2 Å². The second-order valence-electron chi connectivity index (χ2n) is 3.57. The summed E-state index contributed by atoms with van der Waals surface area (Å²) in [6.45, 7) is 1.14. The second kappa shape index (κ2) is 2.55. The highest BCUT2D eigenvalue weighted by Gasteiger charge is 2.12. The molecule has 3 rings (SSSR count). The highest BCUT2D eigenvalue weighted by atomic mass is 15.1. The minimum Gasteiger partial charge on any atom is -0.343 e. The molecule has 0 atom stereocenters. The van der Waals surface area contributed by atoms with Gasteiger partial charge in [-0.1, -0.05) is 0 Å². The van der Waals surface area contributed by atoms with E-state index in [9.17, 15) is 0 Å². The molecule has 0 fully saturated rings. The number of hydrogen-bond acceptors (Lipinski definition) is 2. The first kappa shape index (κ1) is 7.06. The van der Waals surface area contributed by atoms with E-state index in [1.807, 2.05) is 12.4 Å². The molecule has 0 aromatic carbocycles. The third-order valence-electron chi connectivity index (χ3n) is 2.76. The molecule has 1 aliphatic rings. The molecule has 2 aromatic rings. The largest absolute Gasteiger partial charge is 0.343 e. The van der Waals surface area contributed by atoms with Crippen molar-refractivity contribution in [2.24, 2.45) is 0 Å². The fourth-order valence-corrected chi connectivity index (χ4v) is 2.12.